The number of nitrogens with two attached hydrogens (primary N) is 1. The van der Waals surface area contributed by atoms with Crippen LogP contribution in [0.1, 0.15) is 10.4 Å². The first kappa shape index (κ1) is 11.3. The number of amides is 1. The summed E-state index contributed by atoms with van der Waals surface area (Å²) in [5.41, 5.74) is 8.38. The van der Waals surface area contributed by atoms with E-state index in [4.69, 9.17) is 5.73 Å². The molecule has 3 aromatic rings. The second-order valence-corrected chi connectivity index (χ2v) is 4.03. The van der Waals surface area contributed by atoms with Crippen molar-refractivity contribution in [1.29, 1.82) is 0 Å². The zero-order valence-electron chi connectivity index (χ0n) is 9.95. The van der Waals surface area contributed by atoms with Crippen LogP contribution in [0.5, 0.6) is 0 Å². The van der Waals surface area contributed by atoms with Gasteiger partial charge in [-0.25, -0.2) is 4.98 Å². The summed E-state index contributed by atoms with van der Waals surface area (Å²) in [7, 11) is 0. The van der Waals surface area contributed by atoms with E-state index in [0.29, 0.717) is 22.3 Å². The monoisotopic (exact) mass is 250 g/mol. The van der Waals surface area contributed by atoms with Gasteiger partial charge in [0.15, 0.2) is 0 Å². The van der Waals surface area contributed by atoms with Crippen molar-refractivity contribution in [2.24, 2.45) is 5.73 Å². The molecule has 2 heterocycles. The molecular formula is C14H10N4O. The van der Waals surface area contributed by atoms with Crippen LogP contribution in [0.4, 0.5) is 0 Å². The van der Waals surface area contributed by atoms with Crippen molar-refractivity contribution in [3.8, 4) is 11.3 Å². The molecule has 0 bridgehead atoms. The molecule has 3 rings (SSSR count). The van der Waals surface area contributed by atoms with Crippen LogP contribution in [0.15, 0.2) is 48.9 Å². The van der Waals surface area contributed by atoms with Crippen molar-refractivity contribution in [1.82, 2.24) is 15.0 Å². The predicted molar refractivity (Wildman–Crippen MR) is 71.3 cm³/mol. The molecule has 1 amide bonds. The lowest BCUT2D eigenvalue weighted by molar-refractivity contribution is 0.100. The Morgan fingerprint density at radius 3 is 2.74 bits per heavy atom. The second-order valence-electron chi connectivity index (χ2n) is 4.03. The summed E-state index contributed by atoms with van der Waals surface area (Å²) < 4.78 is 0. The Labute approximate surface area is 109 Å². The summed E-state index contributed by atoms with van der Waals surface area (Å²) in [5, 5.41) is 0. The van der Waals surface area contributed by atoms with Crippen LogP contribution >= 0.6 is 0 Å². The van der Waals surface area contributed by atoms with Crippen molar-refractivity contribution >= 4 is 16.9 Å². The highest BCUT2D eigenvalue weighted by molar-refractivity contribution is 6.04. The normalized spacial score (nSPS) is 10.5. The third-order valence-electron chi connectivity index (χ3n) is 2.80. The fourth-order valence-corrected chi connectivity index (χ4v) is 1.89. The molecule has 1 aromatic carbocycles. The van der Waals surface area contributed by atoms with E-state index in [1.807, 2.05) is 12.1 Å². The second kappa shape index (κ2) is 4.45. The summed E-state index contributed by atoms with van der Waals surface area (Å²) in [6.45, 7) is 0. The van der Waals surface area contributed by atoms with Crippen LogP contribution in [0.25, 0.3) is 22.3 Å². The minimum absolute atomic E-state index is 0.371. The lowest BCUT2D eigenvalue weighted by Crippen LogP contribution is -2.12. The number of benzene rings is 1. The largest absolute Gasteiger partial charge is 0.366 e. The van der Waals surface area contributed by atoms with E-state index in [2.05, 4.69) is 15.0 Å². The molecule has 0 saturated carbocycles. The summed E-state index contributed by atoms with van der Waals surface area (Å²) >= 11 is 0. The van der Waals surface area contributed by atoms with Gasteiger partial charge in [0, 0.05) is 18.0 Å². The SMILES string of the molecule is NC(=O)c1cccc2ncc(-c3cccnc3)nc12. The van der Waals surface area contributed by atoms with Crippen LogP contribution in [0.2, 0.25) is 0 Å². The molecule has 5 nitrogen and oxygen atoms in total. The number of para-hydroxylation sites is 1. The van der Waals surface area contributed by atoms with E-state index in [1.54, 1.807) is 36.8 Å². The fraction of sp³-hybridized carbons (Fsp3) is 0. The first-order valence-electron chi connectivity index (χ1n) is 5.71. The van der Waals surface area contributed by atoms with Crippen molar-refractivity contribution < 1.29 is 4.79 Å². The van der Waals surface area contributed by atoms with Crippen LogP contribution in [0.3, 0.4) is 0 Å². The zero-order valence-corrected chi connectivity index (χ0v) is 9.95. The van der Waals surface area contributed by atoms with E-state index in [9.17, 15) is 4.79 Å². The number of aromatic nitrogens is 3. The molecule has 0 aliphatic carbocycles. The molecule has 0 saturated heterocycles. The van der Waals surface area contributed by atoms with E-state index < -0.39 is 5.91 Å². The Morgan fingerprint density at radius 2 is 2.00 bits per heavy atom. The van der Waals surface area contributed by atoms with Crippen molar-refractivity contribution in [2.45, 2.75) is 0 Å². The van der Waals surface area contributed by atoms with Gasteiger partial charge in [-0.15, -0.1) is 0 Å². The van der Waals surface area contributed by atoms with Gasteiger partial charge in [0.25, 0.3) is 5.91 Å². The minimum Gasteiger partial charge on any atom is -0.366 e. The molecule has 0 radical (unpaired) electrons. The molecule has 0 fully saturated rings. The third kappa shape index (κ3) is 2.01. The van der Waals surface area contributed by atoms with Crippen LogP contribution in [0, 0.1) is 0 Å². The van der Waals surface area contributed by atoms with Gasteiger partial charge in [-0.3, -0.25) is 14.8 Å². The lowest BCUT2D eigenvalue weighted by Gasteiger charge is -2.04. The molecule has 19 heavy (non-hydrogen) atoms. The van der Waals surface area contributed by atoms with Crippen LogP contribution < -0.4 is 5.73 Å². The maximum absolute atomic E-state index is 11.4. The van der Waals surface area contributed by atoms with Gasteiger partial charge in [-0.05, 0) is 24.3 Å². The van der Waals surface area contributed by atoms with Crippen molar-refractivity contribution in [3.63, 3.8) is 0 Å². The van der Waals surface area contributed by atoms with E-state index >= 15 is 0 Å². The quantitative estimate of drug-likeness (QED) is 0.751. The number of carbonyl (C=O) groups excluding carboxylic acids is 1. The standard InChI is InChI=1S/C14H10N4O/c15-14(19)10-4-1-5-11-13(10)18-12(8-17-11)9-3-2-6-16-7-9/h1-8H,(H2,15,19). The highest BCUT2D eigenvalue weighted by Gasteiger charge is 2.10. The van der Waals surface area contributed by atoms with E-state index in [-0.39, 0.29) is 0 Å². The number of rotatable bonds is 2. The lowest BCUT2D eigenvalue weighted by atomic mass is 10.1. The highest BCUT2D eigenvalue weighted by Crippen LogP contribution is 2.20. The molecule has 0 aliphatic heterocycles. The number of nitrogens with zero attached hydrogens (tertiary/aromatic N) is 3. The topological polar surface area (TPSA) is 81.8 Å². The van der Waals surface area contributed by atoms with E-state index in [0.717, 1.165) is 5.56 Å². The van der Waals surface area contributed by atoms with Gasteiger partial charge in [0.2, 0.25) is 0 Å². The molecule has 5 heteroatoms. The molecule has 0 aliphatic rings. The molecule has 0 unspecified atom stereocenters. The summed E-state index contributed by atoms with van der Waals surface area (Å²) in [6, 6.07) is 8.88. The van der Waals surface area contributed by atoms with Gasteiger partial charge in [0.05, 0.1) is 23.0 Å². The van der Waals surface area contributed by atoms with Gasteiger partial charge in [0.1, 0.15) is 5.52 Å². The molecule has 0 atom stereocenters. The molecular weight excluding hydrogens is 240 g/mol. The molecule has 92 valence electrons. The maximum Gasteiger partial charge on any atom is 0.250 e. The summed E-state index contributed by atoms with van der Waals surface area (Å²) in [6.07, 6.45) is 5.04. The first-order valence-corrected chi connectivity index (χ1v) is 5.71. The Balaban J connectivity index is 2.25. The van der Waals surface area contributed by atoms with Gasteiger partial charge in [-0.1, -0.05) is 6.07 Å². The number of primary amides is 1. The molecule has 2 aromatic heterocycles. The smallest absolute Gasteiger partial charge is 0.250 e. The maximum atomic E-state index is 11.4. The van der Waals surface area contributed by atoms with Crippen molar-refractivity contribution in [2.75, 3.05) is 0 Å². The molecule has 2 N–H and O–H groups in total. The zero-order chi connectivity index (χ0) is 13.2. The average molecular weight is 250 g/mol. The number of pyridine rings is 1. The average Bonchev–Trinajstić information content (AvgIpc) is 2.47. The number of fused-ring (bicyclic) bond motifs is 1. The van der Waals surface area contributed by atoms with E-state index in [1.165, 1.54) is 0 Å². The summed E-state index contributed by atoms with van der Waals surface area (Å²) in [4.78, 5) is 24.2. The van der Waals surface area contributed by atoms with Gasteiger partial charge >= 0.3 is 0 Å². The fourth-order valence-electron chi connectivity index (χ4n) is 1.89. The van der Waals surface area contributed by atoms with Crippen LogP contribution in [-0.4, -0.2) is 20.9 Å². The Morgan fingerprint density at radius 1 is 1.11 bits per heavy atom. The number of hydrogen-bond acceptors (Lipinski definition) is 4. The van der Waals surface area contributed by atoms with Crippen LogP contribution in [-0.2, 0) is 0 Å². The number of carbonyl (C=O) groups is 1. The first-order chi connectivity index (χ1) is 9.25. The summed E-state index contributed by atoms with van der Waals surface area (Å²) in [5.74, 6) is -0.511. The predicted octanol–water partition coefficient (Wildman–Crippen LogP) is 1.79. The minimum atomic E-state index is -0.511. The highest BCUT2D eigenvalue weighted by atomic mass is 16.1. The Hall–Kier alpha value is -2.82. The van der Waals surface area contributed by atoms with Crippen molar-refractivity contribution in [3.05, 3.63) is 54.5 Å². The van der Waals surface area contributed by atoms with Gasteiger partial charge < -0.3 is 5.73 Å². The third-order valence-corrected chi connectivity index (χ3v) is 2.80. The number of hydrogen-bond donors (Lipinski definition) is 1. The van der Waals surface area contributed by atoms with Gasteiger partial charge in [-0.2, -0.15) is 0 Å². The Bertz CT molecular complexity index is 756. The Kier molecular flexibility index (Phi) is 2.64. The molecule has 0 spiro atoms.